The Morgan fingerprint density at radius 3 is 1.46 bits per heavy atom. The highest BCUT2D eigenvalue weighted by atomic mass is 16.6. The number of hydrogen-bond donors (Lipinski definition) is 1. The normalized spacial score (nSPS) is 19.9. The lowest BCUT2D eigenvalue weighted by Crippen LogP contribution is -2.43. The van der Waals surface area contributed by atoms with E-state index in [9.17, 15) is 19.2 Å². The van der Waals surface area contributed by atoms with Crippen LogP contribution < -0.4 is 0 Å². The zero-order chi connectivity index (χ0) is 29.2. The number of carbonyl (C=O) groups is 4. The molecule has 10 nitrogen and oxygen atoms in total. The van der Waals surface area contributed by atoms with Gasteiger partial charge in [0, 0.05) is 26.2 Å². The van der Waals surface area contributed by atoms with Crippen LogP contribution in [0.1, 0.15) is 99.3 Å². The number of carboxylic acid groups (broad SMARTS) is 1. The number of carbonyl (C=O) groups excluding carboxylic acids is 3. The molecule has 0 unspecified atom stereocenters. The van der Waals surface area contributed by atoms with Crippen LogP contribution in [0.3, 0.4) is 0 Å². The Kier molecular flexibility index (Phi) is 12.4. The third-order valence-electron chi connectivity index (χ3n) is 7.16. The Hall–Kier alpha value is -2.52. The molecular formula is C29H50N2O8. The minimum atomic E-state index is -0.774. The minimum Gasteiger partial charge on any atom is -0.481 e. The maximum atomic E-state index is 12.2. The van der Waals surface area contributed by atoms with Gasteiger partial charge in [-0.25, -0.2) is 9.59 Å². The van der Waals surface area contributed by atoms with Crippen LogP contribution in [0.25, 0.3) is 0 Å². The summed E-state index contributed by atoms with van der Waals surface area (Å²) in [6.07, 6.45) is 7.92. The Bertz CT molecular complexity index is 810. The fourth-order valence-corrected chi connectivity index (χ4v) is 4.93. The number of hydrogen-bond acceptors (Lipinski definition) is 7. The number of likely N-dealkylation sites (tertiary alicyclic amines) is 2. The molecule has 3 fully saturated rings. The Morgan fingerprint density at radius 1 is 0.667 bits per heavy atom. The summed E-state index contributed by atoms with van der Waals surface area (Å²) < 4.78 is 16.1. The van der Waals surface area contributed by atoms with Crippen LogP contribution in [-0.2, 0) is 23.8 Å². The van der Waals surface area contributed by atoms with Crippen LogP contribution in [0.2, 0.25) is 0 Å². The molecule has 0 bridgehead atoms. The van der Waals surface area contributed by atoms with Crippen molar-refractivity contribution in [3.05, 3.63) is 0 Å². The van der Waals surface area contributed by atoms with Crippen molar-refractivity contribution in [1.82, 2.24) is 9.80 Å². The molecule has 3 aliphatic rings. The highest BCUT2D eigenvalue weighted by Gasteiger charge is 2.32. The van der Waals surface area contributed by atoms with Crippen LogP contribution in [0, 0.1) is 17.8 Å². The van der Waals surface area contributed by atoms with E-state index in [2.05, 4.69) is 0 Å². The van der Waals surface area contributed by atoms with E-state index in [1.165, 1.54) is 32.1 Å². The molecule has 0 aromatic carbocycles. The van der Waals surface area contributed by atoms with E-state index in [0.29, 0.717) is 64.4 Å². The second kappa shape index (κ2) is 14.7. The first-order chi connectivity index (χ1) is 18.1. The van der Waals surface area contributed by atoms with Crippen molar-refractivity contribution in [2.45, 2.75) is 111 Å². The van der Waals surface area contributed by atoms with Crippen LogP contribution >= 0.6 is 0 Å². The first kappa shape index (κ1) is 32.7. The van der Waals surface area contributed by atoms with Gasteiger partial charge >= 0.3 is 24.1 Å². The number of amides is 2. The summed E-state index contributed by atoms with van der Waals surface area (Å²) in [7, 11) is 0. The van der Waals surface area contributed by atoms with Crippen LogP contribution in [0.5, 0.6) is 0 Å². The van der Waals surface area contributed by atoms with Gasteiger partial charge in [0.25, 0.3) is 0 Å². The Balaban J connectivity index is 0.000000293. The van der Waals surface area contributed by atoms with Gasteiger partial charge in [-0.15, -0.1) is 0 Å². The van der Waals surface area contributed by atoms with Crippen LogP contribution in [-0.4, -0.2) is 83.0 Å². The lowest BCUT2D eigenvalue weighted by Gasteiger charge is -2.32. The van der Waals surface area contributed by atoms with Crippen molar-refractivity contribution in [2.24, 2.45) is 17.8 Å². The number of nitrogens with zero attached hydrogens (tertiary/aromatic N) is 2. The highest BCUT2D eigenvalue weighted by molar-refractivity contribution is 5.74. The molecule has 2 heterocycles. The number of piperidine rings is 2. The van der Waals surface area contributed by atoms with E-state index in [1.807, 2.05) is 41.5 Å². The summed E-state index contributed by atoms with van der Waals surface area (Å²) in [6.45, 7) is 13.7. The van der Waals surface area contributed by atoms with E-state index in [1.54, 1.807) is 9.80 Å². The van der Waals surface area contributed by atoms with E-state index in [-0.39, 0.29) is 30.0 Å². The Labute approximate surface area is 233 Å². The summed E-state index contributed by atoms with van der Waals surface area (Å²) in [6, 6.07) is 0. The monoisotopic (exact) mass is 554 g/mol. The smallest absolute Gasteiger partial charge is 0.410 e. The lowest BCUT2D eigenvalue weighted by atomic mass is 9.90. The first-order valence-electron chi connectivity index (χ1n) is 14.5. The molecule has 2 aliphatic heterocycles. The molecule has 10 heteroatoms. The molecule has 1 saturated carbocycles. The predicted molar refractivity (Wildman–Crippen MR) is 146 cm³/mol. The number of esters is 1. The lowest BCUT2D eigenvalue weighted by molar-refractivity contribution is -0.152. The third kappa shape index (κ3) is 12.5. The van der Waals surface area contributed by atoms with Gasteiger partial charge in [0.05, 0.1) is 18.4 Å². The van der Waals surface area contributed by atoms with E-state index in [0.717, 1.165) is 0 Å². The molecule has 0 radical (unpaired) electrons. The second-order valence-electron chi connectivity index (χ2n) is 13.0. The van der Waals surface area contributed by atoms with Crippen molar-refractivity contribution in [1.29, 1.82) is 0 Å². The summed E-state index contributed by atoms with van der Waals surface area (Å²) in [5.74, 6) is -0.700. The summed E-state index contributed by atoms with van der Waals surface area (Å²) in [5.41, 5.74) is -0.979. The van der Waals surface area contributed by atoms with Crippen molar-refractivity contribution in [2.75, 3.05) is 32.8 Å². The molecule has 0 aromatic heterocycles. The van der Waals surface area contributed by atoms with E-state index < -0.39 is 17.2 Å². The molecule has 0 spiro atoms. The third-order valence-corrected chi connectivity index (χ3v) is 7.16. The summed E-state index contributed by atoms with van der Waals surface area (Å²) >= 11 is 0. The fourth-order valence-electron chi connectivity index (χ4n) is 4.93. The van der Waals surface area contributed by atoms with Gasteiger partial charge in [-0.2, -0.15) is 0 Å². The predicted octanol–water partition coefficient (Wildman–Crippen LogP) is 5.48. The molecular weight excluding hydrogens is 504 g/mol. The standard InChI is InChI=1S/C18H31NO4.C11H19NO4/c1-18(2,3)23-17(21)19-11-9-15(10-12-19)16(20)22-13-14-7-5-4-6-8-14;1-11(2,3)16-10(15)12-6-4-8(5-7-12)9(13)14/h14-15H,4-13H2,1-3H3;8H,4-7H2,1-3H3,(H,13,14). The first-order valence-corrected chi connectivity index (χ1v) is 14.5. The van der Waals surface area contributed by atoms with Gasteiger partial charge in [0.15, 0.2) is 0 Å². The molecule has 2 amide bonds. The van der Waals surface area contributed by atoms with Crippen molar-refractivity contribution < 1.29 is 38.5 Å². The van der Waals surface area contributed by atoms with Gasteiger partial charge in [0.2, 0.25) is 0 Å². The van der Waals surface area contributed by atoms with E-state index >= 15 is 0 Å². The number of ether oxygens (including phenoxy) is 3. The largest absolute Gasteiger partial charge is 0.481 e. The van der Waals surface area contributed by atoms with E-state index in [4.69, 9.17) is 19.3 Å². The number of rotatable bonds is 4. The van der Waals surface area contributed by atoms with Crippen molar-refractivity contribution in [3.8, 4) is 0 Å². The molecule has 0 atom stereocenters. The zero-order valence-corrected chi connectivity index (χ0v) is 24.8. The topological polar surface area (TPSA) is 123 Å². The number of aliphatic carboxylic acids is 1. The molecule has 2 saturated heterocycles. The maximum absolute atomic E-state index is 12.2. The summed E-state index contributed by atoms with van der Waals surface area (Å²) in [4.78, 5) is 49.8. The maximum Gasteiger partial charge on any atom is 0.410 e. The summed E-state index contributed by atoms with van der Waals surface area (Å²) in [5, 5.41) is 8.81. The molecule has 39 heavy (non-hydrogen) atoms. The quantitative estimate of drug-likeness (QED) is 0.358. The molecule has 3 rings (SSSR count). The van der Waals surface area contributed by atoms with Crippen molar-refractivity contribution >= 4 is 24.1 Å². The van der Waals surface area contributed by atoms with Crippen LogP contribution in [0.15, 0.2) is 0 Å². The minimum absolute atomic E-state index is 0.0720. The SMILES string of the molecule is CC(C)(C)OC(=O)N1CCC(C(=O)O)CC1.CC(C)(C)OC(=O)N1CCC(C(=O)OCC2CCCCC2)CC1. The van der Waals surface area contributed by atoms with Gasteiger partial charge in [-0.05, 0) is 86.0 Å². The average Bonchev–Trinajstić information content (AvgIpc) is 2.86. The van der Waals surface area contributed by atoms with Gasteiger partial charge < -0.3 is 29.1 Å². The number of carboxylic acids is 1. The highest BCUT2D eigenvalue weighted by Crippen LogP contribution is 2.26. The Morgan fingerprint density at radius 2 is 1.08 bits per heavy atom. The molecule has 1 N–H and O–H groups in total. The fraction of sp³-hybridized carbons (Fsp3) is 0.862. The van der Waals surface area contributed by atoms with Crippen molar-refractivity contribution in [3.63, 3.8) is 0 Å². The average molecular weight is 555 g/mol. The van der Waals surface area contributed by atoms with Crippen LogP contribution in [0.4, 0.5) is 9.59 Å². The van der Waals surface area contributed by atoms with Gasteiger partial charge in [-0.3, -0.25) is 9.59 Å². The van der Waals surface area contributed by atoms with Gasteiger partial charge in [0.1, 0.15) is 11.2 Å². The molecule has 224 valence electrons. The van der Waals surface area contributed by atoms with Gasteiger partial charge in [-0.1, -0.05) is 19.3 Å². The molecule has 1 aliphatic carbocycles. The zero-order valence-electron chi connectivity index (χ0n) is 24.8. The molecule has 0 aromatic rings. The second-order valence-corrected chi connectivity index (χ2v) is 13.0.